The zero-order valence-corrected chi connectivity index (χ0v) is 26.8. The van der Waals surface area contributed by atoms with Gasteiger partial charge in [-0.05, 0) is 102 Å². The largest absolute Gasteiger partial charge is 0.457 e. The van der Waals surface area contributed by atoms with Gasteiger partial charge in [0.25, 0.3) is 5.70 Å². The molecule has 0 spiro atoms. The average molecular weight is 607 g/mol. The van der Waals surface area contributed by atoms with Gasteiger partial charge in [-0.25, -0.2) is 14.9 Å². The fourth-order valence-corrected chi connectivity index (χ4v) is 6.45. The van der Waals surface area contributed by atoms with Gasteiger partial charge in [-0.1, -0.05) is 45.9 Å². The van der Waals surface area contributed by atoms with E-state index in [1.165, 1.54) is 16.1 Å². The molecule has 0 N–H and O–H groups in total. The van der Waals surface area contributed by atoms with Crippen molar-refractivity contribution >= 4 is 42.5 Å². The lowest BCUT2D eigenvalue weighted by Gasteiger charge is -2.48. The molecule has 46 heavy (non-hydrogen) atoms. The predicted octanol–water partition coefficient (Wildman–Crippen LogP) is 7.70. The lowest BCUT2D eigenvalue weighted by atomic mass is 9.69. The van der Waals surface area contributed by atoms with Crippen LogP contribution in [0.1, 0.15) is 62.8 Å². The smallest absolute Gasteiger partial charge is 0.343 e. The van der Waals surface area contributed by atoms with Crippen LogP contribution in [0.15, 0.2) is 92.7 Å². The van der Waals surface area contributed by atoms with Crippen molar-refractivity contribution in [2.75, 3.05) is 29.8 Å². The molecule has 0 aliphatic carbocycles. The normalized spacial score (nSPS) is 19.2. The van der Waals surface area contributed by atoms with Crippen LogP contribution in [0.25, 0.3) is 28.0 Å². The Morgan fingerprint density at radius 2 is 1.67 bits per heavy atom. The Hall–Kier alpha value is -5.21. The fourth-order valence-electron chi connectivity index (χ4n) is 6.45. The molecule has 0 unspecified atom stereocenters. The lowest BCUT2D eigenvalue weighted by Crippen LogP contribution is -2.44. The third kappa shape index (κ3) is 5.68. The molecule has 8 heteroatoms. The highest BCUT2D eigenvalue weighted by Crippen LogP contribution is 2.51. The number of rotatable bonds is 5. The molecule has 3 aliphatic heterocycles. The summed E-state index contributed by atoms with van der Waals surface area (Å²) < 4.78 is 12.2. The molecule has 3 aromatic rings. The Bertz CT molecular complexity index is 2030. The molecule has 0 saturated heterocycles. The van der Waals surface area contributed by atoms with Crippen molar-refractivity contribution in [2.24, 2.45) is 0 Å². The minimum absolute atomic E-state index is 0.00176. The van der Waals surface area contributed by atoms with Crippen LogP contribution in [-0.2, 0) is 15.6 Å². The molecule has 0 atom stereocenters. The van der Waals surface area contributed by atoms with E-state index in [0.717, 1.165) is 48.1 Å². The van der Waals surface area contributed by atoms with E-state index in [1.807, 2.05) is 42.5 Å². The van der Waals surface area contributed by atoms with Crippen LogP contribution in [0.4, 0.5) is 11.4 Å². The number of nitriles is 1. The second-order valence-corrected chi connectivity index (χ2v) is 13.4. The van der Waals surface area contributed by atoms with Gasteiger partial charge in [0, 0.05) is 35.4 Å². The van der Waals surface area contributed by atoms with Gasteiger partial charge < -0.3 is 18.9 Å². The number of hydrogen-bond donors (Lipinski definition) is 0. The molecule has 4 heterocycles. The number of ether oxygens (including phenoxy) is 1. The van der Waals surface area contributed by atoms with Crippen molar-refractivity contribution in [3.05, 3.63) is 128 Å². The second-order valence-electron chi connectivity index (χ2n) is 13.4. The van der Waals surface area contributed by atoms with E-state index in [-0.39, 0.29) is 16.5 Å². The number of nitrogens with zero attached hydrogens (tertiary/aromatic N) is 4. The van der Waals surface area contributed by atoms with Gasteiger partial charge in [0.1, 0.15) is 17.1 Å². The summed E-state index contributed by atoms with van der Waals surface area (Å²) in [6.45, 7) is 18.5. The van der Waals surface area contributed by atoms with E-state index in [4.69, 9.17) is 23.7 Å². The molecule has 0 fully saturated rings. The zero-order chi connectivity index (χ0) is 32.8. The van der Waals surface area contributed by atoms with Crippen molar-refractivity contribution in [3.63, 3.8) is 0 Å². The Balaban J connectivity index is 1.37. The minimum atomic E-state index is -0.434. The molecule has 6 rings (SSSR count). The van der Waals surface area contributed by atoms with Gasteiger partial charge in [-0.15, -0.1) is 0 Å². The summed E-state index contributed by atoms with van der Waals surface area (Å²) in [6, 6.07) is 13.7. The maximum Gasteiger partial charge on any atom is 0.343 e. The highest BCUT2D eigenvalue weighted by atomic mass is 16.5. The summed E-state index contributed by atoms with van der Waals surface area (Å²) in [7, 11) is 7.58. The molecule has 0 amide bonds. The highest BCUT2D eigenvalue weighted by molar-refractivity contribution is 6.17. The van der Waals surface area contributed by atoms with Crippen LogP contribution in [-0.4, -0.2) is 28.1 Å². The van der Waals surface area contributed by atoms with Gasteiger partial charge in [-0.2, -0.15) is 0 Å². The van der Waals surface area contributed by atoms with Gasteiger partial charge in [0.2, 0.25) is 7.98 Å². The quantitative estimate of drug-likeness (QED) is 0.128. The van der Waals surface area contributed by atoms with Crippen LogP contribution in [0.3, 0.4) is 0 Å². The molecular formula is C38H35BN4O3. The zero-order valence-electron chi connectivity index (χ0n) is 26.8. The number of benzene rings is 2. The molecular weight excluding hydrogens is 571 g/mol. The van der Waals surface area contributed by atoms with E-state index >= 15 is 0 Å². The minimum Gasteiger partial charge on any atom is -0.457 e. The summed E-state index contributed by atoms with van der Waals surface area (Å²) in [6.07, 6.45) is 12.3. The Morgan fingerprint density at radius 3 is 2.30 bits per heavy atom. The summed E-state index contributed by atoms with van der Waals surface area (Å²) in [5.74, 6) is 0.824. The molecule has 7 nitrogen and oxygen atoms in total. The maximum absolute atomic E-state index is 13.4. The number of fused-ring (bicyclic) bond motifs is 2. The lowest BCUT2D eigenvalue weighted by molar-refractivity contribution is 0.332. The summed E-state index contributed by atoms with van der Waals surface area (Å²) in [5, 5.41) is 10.5. The monoisotopic (exact) mass is 606 g/mol. The molecule has 0 saturated carbocycles. The first-order chi connectivity index (χ1) is 21.9. The second kappa shape index (κ2) is 11.6. The van der Waals surface area contributed by atoms with E-state index < -0.39 is 5.63 Å². The van der Waals surface area contributed by atoms with E-state index in [2.05, 4.69) is 43.5 Å². The molecule has 0 bridgehead atoms. The van der Waals surface area contributed by atoms with Crippen LogP contribution < -0.4 is 15.3 Å². The van der Waals surface area contributed by atoms with Gasteiger partial charge in [0.15, 0.2) is 0 Å². The van der Waals surface area contributed by atoms with E-state index in [1.54, 1.807) is 37.4 Å². The van der Waals surface area contributed by atoms with E-state index in [0.29, 0.717) is 28.2 Å². The fraction of sp³-hybridized carbons (Fsp3) is 0.289. The molecule has 3 aliphatic rings. The summed E-state index contributed by atoms with van der Waals surface area (Å²) in [5.41, 5.74) is 6.27. The topological polar surface area (TPSA) is 74.1 Å². The Labute approximate surface area is 271 Å². The third-order valence-corrected chi connectivity index (χ3v) is 9.25. The van der Waals surface area contributed by atoms with Crippen molar-refractivity contribution in [1.29, 1.82) is 5.26 Å². The van der Waals surface area contributed by atoms with Gasteiger partial charge in [-0.3, -0.25) is 0 Å². The number of allylic oxidation sites excluding steroid dienone is 6. The van der Waals surface area contributed by atoms with Crippen LogP contribution in [0.5, 0.6) is 0 Å². The standard InChI is InChI=1S/C38H35BN4O3/c1-37(2)15-17-43-18-16-38(3,4)33-34(43)31(37)22-27-19-25(36(44)46-35(27)33)10-14-30-21-26(32(23-40)41-5)20-29(45-30)13-9-24-7-11-28(12-8-24)42(6)39/h7-14,19-22H,15-18H2,1-4,6H3/b13-9+,14-10+,32-26+. The van der Waals surface area contributed by atoms with Crippen LogP contribution in [0.2, 0.25) is 0 Å². The third-order valence-electron chi connectivity index (χ3n) is 9.25. The predicted molar refractivity (Wildman–Crippen MR) is 185 cm³/mol. The average Bonchev–Trinajstić information content (AvgIpc) is 3.02. The van der Waals surface area contributed by atoms with Crippen molar-refractivity contribution in [1.82, 2.24) is 0 Å². The van der Waals surface area contributed by atoms with Crippen LogP contribution in [0, 0.1) is 17.9 Å². The Morgan fingerprint density at radius 1 is 1.02 bits per heavy atom. The molecule has 228 valence electrons. The molecule has 2 aromatic carbocycles. The maximum atomic E-state index is 13.4. The molecule has 1 aromatic heterocycles. The Kier molecular flexibility index (Phi) is 7.78. The van der Waals surface area contributed by atoms with Crippen molar-refractivity contribution in [2.45, 2.75) is 51.4 Å². The SMILES string of the molecule is [B]N(C)c1ccc(/C=C/C2=CC(=C(/C#N)[N+]#[C-])/C=C(/C=C/c3cc4cc5c6c(c4oc3=O)C(C)(C)CCN6CCC5(C)C)O2)cc1. The van der Waals surface area contributed by atoms with Crippen molar-refractivity contribution in [3.8, 4) is 6.07 Å². The first-order valence-corrected chi connectivity index (χ1v) is 15.4. The summed E-state index contributed by atoms with van der Waals surface area (Å²) in [4.78, 5) is 20.8. The summed E-state index contributed by atoms with van der Waals surface area (Å²) >= 11 is 0. The highest BCUT2D eigenvalue weighted by Gasteiger charge is 2.41. The van der Waals surface area contributed by atoms with Crippen LogP contribution >= 0.6 is 0 Å². The van der Waals surface area contributed by atoms with Crippen molar-refractivity contribution < 1.29 is 9.15 Å². The van der Waals surface area contributed by atoms with Gasteiger partial charge in [0.05, 0.1) is 18.2 Å². The first-order valence-electron chi connectivity index (χ1n) is 15.4. The molecule has 2 radical (unpaired) electrons. The number of anilines is 2. The number of hydrogen-bond acceptors (Lipinski definition) is 6. The van der Waals surface area contributed by atoms with Gasteiger partial charge >= 0.3 is 5.63 Å². The van der Waals surface area contributed by atoms with E-state index in [9.17, 15) is 10.1 Å². The first kappa shape index (κ1) is 30.8.